The maximum atomic E-state index is 12.6. The molecule has 1 saturated carbocycles. The fourth-order valence-electron chi connectivity index (χ4n) is 4.49. The average molecular weight is 330 g/mol. The zero-order chi connectivity index (χ0) is 16.6. The van der Waals surface area contributed by atoms with E-state index in [-0.39, 0.29) is 12.0 Å². The minimum Gasteiger partial charge on any atom is -0.368 e. The Labute approximate surface area is 143 Å². The summed E-state index contributed by atoms with van der Waals surface area (Å²) < 4.78 is 5.68. The summed E-state index contributed by atoms with van der Waals surface area (Å²) >= 11 is 0. The van der Waals surface area contributed by atoms with Crippen LogP contribution in [-0.4, -0.2) is 59.7 Å². The van der Waals surface area contributed by atoms with Gasteiger partial charge in [-0.1, -0.05) is 0 Å². The Kier molecular flexibility index (Phi) is 4.16. The first kappa shape index (κ1) is 15.8. The molecule has 0 radical (unpaired) electrons. The third-order valence-corrected chi connectivity index (χ3v) is 6.02. The van der Waals surface area contributed by atoms with Crippen LogP contribution < -0.4 is 4.90 Å². The quantitative estimate of drug-likeness (QED) is 0.847. The number of hydrogen-bond acceptors (Lipinski definition) is 5. The fourth-order valence-corrected chi connectivity index (χ4v) is 4.49. The van der Waals surface area contributed by atoms with Crippen molar-refractivity contribution in [3.05, 3.63) is 18.6 Å². The van der Waals surface area contributed by atoms with Crippen LogP contribution in [0, 0.1) is 5.41 Å². The molecule has 1 aromatic rings. The molecule has 1 aromatic heterocycles. The Morgan fingerprint density at radius 2 is 2.29 bits per heavy atom. The highest BCUT2D eigenvalue weighted by atomic mass is 16.5. The Balaban J connectivity index is 1.32. The lowest BCUT2D eigenvalue weighted by atomic mass is 9.64. The van der Waals surface area contributed by atoms with Crippen LogP contribution in [-0.2, 0) is 9.53 Å². The number of carbonyl (C=O) groups excluding carboxylic acids is 1. The van der Waals surface area contributed by atoms with Gasteiger partial charge < -0.3 is 14.5 Å². The number of likely N-dealkylation sites (tertiary alicyclic amines) is 1. The van der Waals surface area contributed by atoms with Crippen LogP contribution >= 0.6 is 0 Å². The lowest BCUT2D eigenvalue weighted by molar-refractivity contribution is -0.146. The number of ether oxygens (including phenoxy) is 1. The van der Waals surface area contributed by atoms with E-state index in [1.54, 1.807) is 12.5 Å². The van der Waals surface area contributed by atoms with Gasteiger partial charge in [0.05, 0.1) is 0 Å². The van der Waals surface area contributed by atoms with Gasteiger partial charge in [0.25, 0.3) is 5.91 Å². The minimum atomic E-state index is -0.187. The highest BCUT2D eigenvalue weighted by Crippen LogP contribution is 2.50. The predicted octanol–water partition coefficient (Wildman–Crippen LogP) is 1.86. The third-order valence-electron chi connectivity index (χ3n) is 6.02. The van der Waals surface area contributed by atoms with Crippen molar-refractivity contribution >= 4 is 11.7 Å². The van der Waals surface area contributed by atoms with Crippen molar-refractivity contribution in [2.45, 2.75) is 50.7 Å². The van der Waals surface area contributed by atoms with Gasteiger partial charge in [0.2, 0.25) is 0 Å². The standard InChI is InChI=1S/C18H26N4O2/c1-21(16-5-7-19-13-20-16)14-10-18(11-14)6-8-22(12-18)17(23)15-4-2-3-9-24-15/h5,7,13-15H,2-4,6,8-12H2,1H3/t14?,15-,18?/m1/s1. The molecule has 3 aliphatic rings. The molecule has 0 N–H and O–H groups in total. The molecule has 0 unspecified atom stereocenters. The molecule has 2 saturated heterocycles. The van der Waals surface area contributed by atoms with E-state index >= 15 is 0 Å². The van der Waals surface area contributed by atoms with Crippen LogP contribution in [0.15, 0.2) is 18.6 Å². The van der Waals surface area contributed by atoms with Gasteiger partial charge in [-0.2, -0.15) is 0 Å². The summed E-state index contributed by atoms with van der Waals surface area (Å²) in [6, 6.07) is 2.47. The van der Waals surface area contributed by atoms with Crippen LogP contribution in [0.3, 0.4) is 0 Å². The normalized spacial score (nSPS) is 32.6. The van der Waals surface area contributed by atoms with Crippen molar-refractivity contribution in [3.63, 3.8) is 0 Å². The van der Waals surface area contributed by atoms with E-state index in [4.69, 9.17) is 4.74 Å². The van der Waals surface area contributed by atoms with Crippen LogP contribution in [0.5, 0.6) is 0 Å². The van der Waals surface area contributed by atoms with Gasteiger partial charge >= 0.3 is 0 Å². The van der Waals surface area contributed by atoms with Gasteiger partial charge in [0.1, 0.15) is 18.2 Å². The molecule has 0 bridgehead atoms. The Morgan fingerprint density at radius 3 is 3.00 bits per heavy atom. The number of hydrogen-bond donors (Lipinski definition) is 0. The van der Waals surface area contributed by atoms with Crippen LogP contribution in [0.4, 0.5) is 5.82 Å². The van der Waals surface area contributed by atoms with Gasteiger partial charge in [-0.25, -0.2) is 9.97 Å². The van der Waals surface area contributed by atoms with Crippen molar-refractivity contribution in [2.75, 3.05) is 31.6 Å². The molecule has 6 nitrogen and oxygen atoms in total. The molecule has 0 aromatic carbocycles. The second-order valence-electron chi connectivity index (χ2n) is 7.61. The zero-order valence-electron chi connectivity index (χ0n) is 14.4. The monoisotopic (exact) mass is 330 g/mol. The average Bonchev–Trinajstić information content (AvgIpc) is 3.06. The second kappa shape index (κ2) is 6.31. The first-order valence-corrected chi connectivity index (χ1v) is 9.06. The van der Waals surface area contributed by atoms with Crippen molar-refractivity contribution in [2.24, 2.45) is 5.41 Å². The van der Waals surface area contributed by atoms with Crippen LogP contribution in [0.2, 0.25) is 0 Å². The third kappa shape index (κ3) is 2.88. The summed E-state index contributed by atoms with van der Waals surface area (Å²) in [7, 11) is 2.10. The van der Waals surface area contributed by atoms with Crippen molar-refractivity contribution in [3.8, 4) is 0 Å². The predicted molar refractivity (Wildman–Crippen MR) is 90.7 cm³/mol. The van der Waals surface area contributed by atoms with E-state index in [0.717, 1.165) is 64.0 Å². The smallest absolute Gasteiger partial charge is 0.251 e. The number of nitrogens with zero attached hydrogens (tertiary/aromatic N) is 4. The highest BCUT2D eigenvalue weighted by Gasteiger charge is 2.51. The molecule has 1 spiro atoms. The van der Waals surface area contributed by atoms with Gasteiger partial charge in [-0.15, -0.1) is 0 Å². The lowest BCUT2D eigenvalue weighted by Crippen LogP contribution is -2.52. The molecule has 1 amide bonds. The summed E-state index contributed by atoms with van der Waals surface area (Å²) in [6.45, 7) is 2.53. The summed E-state index contributed by atoms with van der Waals surface area (Å²) in [5.74, 6) is 1.20. The maximum absolute atomic E-state index is 12.6. The van der Waals surface area contributed by atoms with Gasteiger partial charge in [0.15, 0.2) is 0 Å². The molecule has 1 atom stereocenters. The molecule has 3 fully saturated rings. The van der Waals surface area contributed by atoms with E-state index in [1.807, 2.05) is 6.07 Å². The molecule has 4 rings (SSSR count). The molecule has 6 heteroatoms. The first-order valence-electron chi connectivity index (χ1n) is 9.06. The number of rotatable bonds is 3. The van der Waals surface area contributed by atoms with E-state index < -0.39 is 0 Å². The molecule has 3 heterocycles. The zero-order valence-corrected chi connectivity index (χ0v) is 14.4. The van der Waals surface area contributed by atoms with E-state index in [1.165, 1.54) is 0 Å². The Bertz CT molecular complexity index is 582. The minimum absolute atomic E-state index is 0.187. The molecule has 2 aliphatic heterocycles. The number of amides is 1. The van der Waals surface area contributed by atoms with Gasteiger partial charge in [0, 0.05) is 39.0 Å². The molecule has 24 heavy (non-hydrogen) atoms. The molecular formula is C18H26N4O2. The summed E-state index contributed by atoms with van der Waals surface area (Å²) in [5, 5.41) is 0. The largest absolute Gasteiger partial charge is 0.368 e. The van der Waals surface area contributed by atoms with Crippen molar-refractivity contribution < 1.29 is 9.53 Å². The molecule has 130 valence electrons. The van der Waals surface area contributed by atoms with Crippen molar-refractivity contribution in [1.29, 1.82) is 0 Å². The number of aromatic nitrogens is 2. The summed E-state index contributed by atoms with van der Waals surface area (Å²) in [6.07, 6.45) is 9.69. The Hall–Kier alpha value is -1.69. The van der Waals surface area contributed by atoms with Crippen LogP contribution in [0.1, 0.15) is 38.5 Å². The second-order valence-corrected chi connectivity index (χ2v) is 7.61. The highest BCUT2D eigenvalue weighted by molar-refractivity contribution is 5.81. The number of carbonyl (C=O) groups is 1. The maximum Gasteiger partial charge on any atom is 0.251 e. The van der Waals surface area contributed by atoms with E-state index in [2.05, 4.69) is 26.8 Å². The molecule has 1 aliphatic carbocycles. The lowest BCUT2D eigenvalue weighted by Gasteiger charge is -2.49. The summed E-state index contributed by atoms with van der Waals surface area (Å²) in [4.78, 5) is 25.3. The topological polar surface area (TPSA) is 58.6 Å². The van der Waals surface area contributed by atoms with E-state index in [9.17, 15) is 4.79 Å². The number of anilines is 1. The Morgan fingerprint density at radius 1 is 1.42 bits per heavy atom. The van der Waals surface area contributed by atoms with Crippen LogP contribution in [0.25, 0.3) is 0 Å². The SMILES string of the molecule is CN(c1ccncn1)C1CC2(CCN(C(=O)[C@H]3CCCCO3)C2)C1. The van der Waals surface area contributed by atoms with Crippen molar-refractivity contribution in [1.82, 2.24) is 14.9 Å². The van der Waals surface area contributed by atoms with E-state index in [0.29, 0.717) is 11.5 Å². The fraction of sp³-hybridized carbons (Fsp3) is 0.722. The van der Waals surface area contributed by atoms with Gasteiger partial charge in [-0.3, -0.25) is 4.79 Å². The van der Waals surface area contributed by atoms with Gasteiger partial charge in [-0.05, 0) is 50.0 Å². The summed E-state index contributed by atoms with van der Waals surface area (Å²) in [5.41, 5.74) is 0.316. The molecular weight excluding hydrogens is 304 g/mol. The first-order chi connectivity index (χ1) is 11.7.